The van der Waals surface area contributed by atoms with E-state index in [4.69, 9.17) is 15.2 Å². The summed E-state index contributed by atoms with van der Waals surface area (Å²) in [6.45, 7) is 5.95. The first-order valence-electron chi connectivity index (χ1n) is 7.89. The van der Waals surface area contributed by atoms with Gasteiger partial charge in [-0.3, -0.25) is 4.79 Å². The second kappa shape index (κ2) is 8.93. The van der Waals surface area contributed by atoms with Crippen LogP contribution >= 0.6 is 12.4 Å². The second-order valence-electron chi connectivity index (χ2n) is 6.06. The van der Waals surface area contributed by atoms with Crippen molar-refractivity contribution in [3.05, 3.63) is 0 Å². The number of carbonyl (C=O) groups is 1. The number of nitrogens with two attached hydrogens (primary N) is 1. The highest BCUT2D eigenvalue weighted by Gasteiger charge is 2.32. The van der Waals surface area contributed by atoms with E-state index in [0.717, 1.165) is 45.3 Å². The van der Waals surface area contributed by atoms with E-state index < -0.39 is 6.10 Å². The SMILES string of the molecule is CC(OCC1CCCO1)C(=O)N1CCCCC1C(C)N.Cl. The number of halogens is 1. The molecule has 6 heteroatoms. The van der Waals surface area contributed by atoms with Gasteiger partial charge in [0.2, 0.25) is 0 Å². The first-order valence-corrected chi connectivity index (χ1v) is 7.89. The van der Waals surface area contributed by atoms with Crippen LogP contribution in [-0.2, 0) is 14.3 Å². The fourth-order valence-electron chi connectivity index (χ4n) is 3.11. The molecule has 0 aromatic rings. The van der Waals surface area contributed by atoms with Crippen molar-refractivity contribution in [2.24, 2.45) is 5.73 Å². The van der Waals surface area contributed by atoms with Gasteiger partial charge in [0.05, 0.1) is 12.7 Å². The first-order chi connectivity index (χ1) is 9.59. The summed E-state index contributed by atoms with van der Waals surface area (Å²) in [6, 6.07) is 0.176. The molecule has 2 N–H and O–H groups in total. The van der Waals surface area contributed by atoms with Crippen LogP contribution in [0.1, 0.15) is 46.0 Å². The van der Waals surface area contributed by atoms with Gasteiger partial charge in [-0.25, -0.2) is 0 Å². The number of hydrogen-bond donors (Lipinski definition) is 1. The minimum atomic E-state index is -0.404. The average molecular weight is 321 g/mol. The van der Waals surface area contributed by atoms with E-state index in [1.54, 1.807) is 0 Å². The Labute approximate surface area is 133 Å². The van der Waals surface area contributed by atoms with Gasteiger partial charge < -0.3 is 20.1 Å². The third-order valence-corrected chi connectivity index (χ3v) is 4.34. The van der Waals surface area contributed by atoms with Crippen molar-refractivity contribution in [2.45, 2.75) is 70.2 Å². The molecule has 2 fully saturated rings. The topological polar surface area (TPSA) is 64.8 Å². The molecule has 2 heterocycles. The molecule has 124 valence electrons. The summed E-state index contributed by atoms with van der Waals surface area (Å²) in [7, 11) is 0. The van der Waals surface area contributed by atoms with E-state index in [9.17, 15) is 4.79 Å². The minimum absolute atomic E-state index is 0. The zero-order valence-corrected chi connectivity index (χ0v) is 13.9. The van der Waals surface area contributed by atoms with E-state index >= 15 is 0 Å². The van der Waals surface area contributed by atoms with Crippen molar-refractivity contribution in [2.75, 3.05) is 19.8 Å². The number of amides is 1. The van der Waals surface area contributed by atoms with E-state index in [2.05, 4.69) is 0 Å². The Morgan fingerprint density at radius 2 is 2.10 bits per heavy atom. The largest absolute Gasteiger partial charge is 0.376 e. The number of rotatable bonds is 5. The summed E-state index contributed by atoms with van der Waals surface area (Å²) < 4.78 is 11.2. The lowest BCUT2D eigenvalue weighted by atomic mass is 9.96. The molecule has 0 aromatic heterocycles. The maximum absolute atomic E-state index is 12.5. The maximum atomic E-state index is 12.5. The Hall–Kier alpha value is -0.360. The van der Waals surface area contributed by atoms with Gasteiger partial charge in [0.15, 0.2) is 0 Å². The summed E-state index contributed by atoms with van der Waals surface area (Å²) >= 11 is 0. The van der Waals surface area contributed by atoms with Crippen LogP contribution in [0.5, 0.6) is 0 Å². The number of carbonyl (C=O) groups excluding carboxylic acids is 1. The molecule has 5 nitrogen and oxygen atoms in total. The van der Waals surface area contributed by atoms with E-state index in [1.165, 1.54) is 0 Å². The Morgan fingerprint density at radius 3 is 2.71 bits per heavy atom. The molecule has 0 aromatic carbocycles. The third-order valence-electron chi connectivity index (χ3n) is 4.34. The fourth-order valence-corrected chi connectivity index (χ4v) is 3.11. The highest BCUT2D eigenvalue weighted by Crippen LogP contribution is 2.21. The molecule has 4 unspecified atom stereocenters. The first kappa shape index (κ1) is 18.7. The fraction of sp³-hybridized carbons (Fsp3) is 0.933. The molecular weight excluding hydrogens is 292 g/mol. The molecule has 2 saturated heterocycles. The van der Waals surface area contributed by atoms with Gasteiger partial charge in [-0.1, -0.05) is 0 Å². The zero-order valence-electron chi connectivity index (χ0n) is 13.1. The molecule has 0 spiro atoms. The van der Waals surface area contributed by atoms with E-state index in [1.807, 2.05) is 18.7 Å². The van der Waals surface area contributed by atoms with Crippen LogP contribution in [-0.4, -0.2) is 54.9 Å². The summed E-state index contributed by atoms with van der Waals surface area (Å²) in [4.78, 5) is 14.4. The lowest BCUT2D eigenvalue weighted by Crippen LogP contribution is -2.54. The molecule has 0 radical (unpaired) electrons. The van der Waals surface area contributed by atoms with Crippen molar-refractivity contribution >= 4 is 18.3 Å². The summed E-state index contributed by atoms with van der Waals surface area (Å²) in [5.74, 6) is 0.0741. The highest BCUT2D eigenvalue weighted by molar-refractivity contribution is 5.85. The van der Waals surface area contributed by atoms with Gasteiger partial charge >= 0.3 is 0 Å². The summed E-state index contributed by atoms with van der Waals surface area (Å²) in [6.07, 6.45) is 5.10. The molecule has 2 aliphatic rings. The highest BCUT2D eigenvalue weighted by atomic mass is 35.5. The van der Waals surface area contributed by atoms with Crippen LogP contribution in [0.25, 0.3) is 0 Å². The van der Waals surface area contributed by atoms with Crippen molar-refractivity contribution in [3.63, 3.8) is 0 Å². The third kappa shape index (κ3) is 5.09. The van der Waals surface area contributed by atoms with Gasteiger partial charge in [-0.15, -0.1) is 12.4 Å². The molecule has 21 heavy (non-hydrogen) atoms. The molecule has 2 aliphatic heterocycles. The molecule has 4 atom stereocenters. The number of ether oxygens (including phenoxy) is 2. The number of nitrogens with zero attached hydrogens (tertiary/aromatic N) is 1. The quantitative estimate of drug-likeness (QED) is 0.837. The lowest BCUT2D eigenvalue weighted by Gasteiger charge is -2.39. The monoisotopic (exact) mass is 320 g/mol. The normalized spacial score (nSPS) is 28.8. The standard InChI is InChI=1S/C15H28N2O3.ClH/c1-11(16)14-7-3-4-8-17(14)15(18)12(2)20-10-13-6-5-9-19-13;/h11-14H,3-10,16H2,1-2H3;1H. The Bertz CT molecular complexity index is 322. The van der Waals surface area contributed by atoms with E-state index in [-0.39, 0.29) is 36.5 Å². The van der Waals surface area contributed by atoms with Gasteiger partial charge in [0, 0.05) is 25.2 Å². The number of likely N-dealkylation sites (tertiary alicyclic amines) is 1. The van der Waals surface area contributed by atoms with Crippen molar-refractivity contribution in [1.82, 2.24) is 4.90 Å². The van der Waals surface area contributed by atoms with Gasteiger partial charge in [-0.2, -0.15) is 0 Å². The average Bonchev–Trinajstić information content (AvgIpc) is 2.97. The van der Waals surface area contributed by atoms with Crippen LogP contribution in [0.15, 0.2) is 0 Å². The lowest BCUT2D eigenvalue weighted by molar-refractivity contribution is -0.148. The molecule has 0 saturated carbocycles. The van der Waals surface area contributed by atoms with Gasteiger partial charge in [-0.05, 0) is 46.0 Å². The molecule has 1 amide bonds. The minimum Gasteiger partial charge on any atom is -0.376 e. The van der Waals surface area contributed by atoms with Crippen molar-refractivity contribution in [3.8, 4) is 0 Å². The van der Waals surface area contributed by atoms with Crippen LogP contribution in [0.4, 0.5) is 0 Å². The summed E-state index contributed by atoms with van der Waals surface area (Å²) in [5.41, 5.74) is 6.01. The number of hydrogen-bond acceptors (Lipinski definition) is 4. The Kier molecular flexibility index (Phi) is 7.95. The Morgan fingerprint density at radius 1 is 1.33 bits per heavy atom. The van der Waals surface area contributed by atoms with E-state index in [0.29, 0.717) is 6.61 Å². The molecule has 2 rings (SSSR count). The second-order valence-corrected chi connectivity index (χ2v) is 6.06. The maximum Gasteiger partial charge on any atom is 0.251 e. The Balaban J connectivity index is 0.00000220. The van der Waals surface area contributed by atoms with Gasteiger partial charge in [0.1, 0.15) is 6.10 Å². The van der Waals surface area contributed by atoms with Crippen LogP contribution in [0, 0.1) is 0 Å². The van der Waals surface area contributed by atoms with Crippen molar-refractivity contribution in [1.29, 1.82) is 0 Å². The van der Waals surface area contributed by atoms with Crippen molar-refractivity contribution < 1.29 is 14.3 Å². The molecule has 0 aliphatic carbocycles. The smallest absolute Gasteiger partial charge is 0.251 e. The van der Waals surface area contributed by atoms with Crippen LogP contribution in [0.2, 0.25) is 0 Å². The van der Waals surface area contributed by atoms with Gasteiger partial charge in [0.25, 0.3) is 5.91 Å². The zero-order chi connectivity index (χ0) is 14.5. The van der Waals surface area contributed by atoms with Crippen LogP contribution in [0.3, 0.4) is 0 Å². The number of piperidine rings is 1. The predicted molar refractivity (Wildman–Crippen MR) is 84.6 cm³/mol. The molecular formula is C15H29ClN2O3. The van der Waals surface area contributed by atoms with Crippen LogP contribution < -0.4 is 5.73 Å². The summed E-state index contributed by atoms with van der Waals surface area (Å²) in [5, 5.41) is 0. The molecule has 0 bridgehead atoms. The predicted octanol–water partition coefficient (Wildman–Crippen LogP) is 1.72.